The van der Waals surface area contributed by atoms with Gasteiger partial charge in [0.1, 0.15) is 11.5 Å². The summed E-state index contributed by atoms with van der Waals surface area (Å²) in [6.07, 6.45) is 6.52. The number of hydrogen-bond donors (Lipinski definition) is 3. The molecule has 0 bridgehead atoms. The predicted molar refractivity (Wildman–Crippen MR) is 86.9 cm³/mol. The Morgan fingerprint density at radius 3 is 2.64 bits per heavy atom. The van der Waals surface area contributed by atoms with E-state index in [9.17, 15) is 15.0 Å². The van der Waals surface area contributed by atoms with Crippen molar-refractivity contribution >= 4 is 28.1 Å². The number of amides is 1. The molecule has 6 heteroatoms. The van der Waals surface area contributed by atoms with E-state index in [1.807, 2.05) is 0 Å². The zero-order chi connectivity index (χ0) is 16.1. The Morgan fingerprint density at radius 2 is 2.00 bits per heavy atom. The summed E-state index contributed by atoms with van der Waals surface area (Å²) < 4.78 is 0.492. The lowest BCUT2D eigenvalue weighted by Gasteiger charge is -2.02. The summed E-state index contributed by atoms with van der Waals surface area (Å²) in [7, 11) is 0. The normalized spacial score (nSPS) is 10.4. The van der Waals surface area contributed by atoms with Gasteiger partial charge < -0.3 is 10.2 Å². The molecule has 0 aliphatic carbocycles. The van der Waals surface area contributed by atoms with Gasteiger partial charge >= 0.3 is 0 Å². The molecule has 0 unspecified atom stereocenters. The highest BCUT2D eigenvalue weighted by Crippen LogP contribution is 2.24. The van der Waals surface area contributed by atoms with Crippen LogP contribution in [0.1, 0.15) is 21.5 Å². The number of phenolic OH excluding ortho intramolecular Hbond substituents is 2. The van der Waals surface area contributed by atoms with Gasteiger partial charge in [-0.2, -0.15) is 5.10 Å². The number of benzene rings is 2. The number of hydrazone groups is 1. The Hall–Kier alpha value is -2.78. The van der Waals surface area contributed by atoms with Gasteiger partial charge in [0.2, 0.25) is 0 Å². The first-order chi connectivity index (χ1) is 10.5. The number of hydrogen-bond acceptors (Lipinski definition) is 4. The summed E-state index contributed by atoms with van der Waals surface area (Å²) in [6.45, 7) is 0. The molecule has 0 fully saturated rings. The molecule has 0 atom stereocenters. The third kappa shape index (κ3) is 3.65. The third-order valence-electron chi connectivity index (χ3n) is 2.78. The molecule has 3 N–H and O–H groups in total. The maximum absolute atomic E-state index is 11.8. The van der Waals surface area contributed by atoms with Crippen LogP contribution in [-0.4, -0.2) is 22.3 Å². The van der Waals surface area contributed by atoms with Crippen molar-refractivity contribution in [3.8, 4) is 23.8 Å². The molecule has 2 aromatic rings. The van der Waals surface area contributed by atoms with Gasteiger partial charge in [-0.05, 0) is 52.3 Å². The molecule has 0 aromatic heterocycles. The molecule has 0 spiro atoms. The van der Waals surface area contributed by atoms with Crippen LogP contribution in [0.15, 0.2) is 46.0 Å². The van der Waals surface area contributed by atoms with Crippen LogP contribution >= 0.6 is 15.9 Å². The lowest BCUT2D eigenvalue weighted by atomic mass is 10.1. The van der Waals surface area contributed by atoms with Crippen LogP contribution in [0.3, 0.4) is 0 Å². The first kappa shape index (κ1) is 15.6. The van der Waals surface area contributed by atoms with E-state index in [1.54, 1.807) is 18.2 Å². The van der Waals surface area contributed by atoms with Gasteiger partial charge in [0, 0.05) is 16.7 Å². The van der Waals surface area contributed by atoms with Crippen molar-refractivity contribution in [3.63, 3.8) is 0 Å². The quantitative estimate of drug-likeness (QED) is 0.448. The first-order valence-corrected chi connectivity index (χ1v) is 6.92. The van der Waals surface area contributed by atoms with Crippen molar-refractivity contribution in [3.05, 3.63) is 57.6 Å². The van der Waals surface area contributed by atoms with E-state index in [2.05, 4.69) is 32.4 Å². The van der Waals surface area contributed by atoms with E-state index in [-0.39, 0.29) is 17.1 Å². The molecule has 22 heavy (non-hydrogen) atoms. The largest absolute Gasteiger partial charge is 0.507 e. The smallest absolute Gasteiger partial charge is 0.271 e. The summed E-state index contributed by atoms with van der Waals surface area (Å²) in [4.78, 5) is 11.8. The highest BCUT2D eigenvalue weighted by atomic mass is 79.9. The number of aromatic hydroxyl groups is 2. The van der Waals surface area contributed by atoms with Gasteiger partial charge in [-0.15, -0.1) is 6.42 Å². The van der Waals surface area contributed by atoms with Crippen molar-refractivity contribution < 1.29 is 15.0 Å². The van der Waals surface area contributed by atoms with Crippen molar-refractivity contribution in [2.45, 2.75) is 0 Å². The fraction of sp³-hybridized carbons (Fsp3) is 0. The summed E-state index contributed by atoms with van der Waals surface area (Å²) in [5, 5.41) is 23.0. The summed E-state index contributed by atoms with van der Waals surface area (Å²) in [5.74, 6) is 1.84. The second-order valence-electron chi connectivity index (χ2n) is 4.28. The zero-order valence-corrected chi connectivity index (χ0v) is 12.8. The number of carbonyl (C=O) groups is 1. The zero-order valence-electron chi connectivity index (χ0n) is 11.2. The van der Waals surface area contributed by atoms with Crippen LogP contribution in [-0.2, 0) is 0 Å². The number of nitrogens with one attached hydrogen (secondary N) is 1. The Morgan fingerprint density at radius 1 is 1.23 bits per heavy atom. The van der Waals surface area contributed by atoms with Crippen LogP contribution in [0.5, 0.6) is 11.5 Å². The molecular weight excluding hydrogens is 348 g/mol. The summed E-state index contributed by atoms with van der Waals surface area (Å²) >= 11 is 3.13. The van der Waals surface area contributed by atoms with Gasteiger partial charge in [-0.3, -0.25) is 4.79 Å². The van der Waals surface area contributed by atoms with E-state index >= 15 is 0 Å². The molecule has 0 radical (unpaired) electrons. The topological polar surface area (TPSA) is 81.9 Å². The molecule has 5 nitrogen and oxygen atoms in total. The first-order valence-electron chi connectivity index (χ1n) is 6.13. The summed E-state index contributed by atoms with van der Waals surface area (Å²) in [6, 6.07) is 9.07. The Bertz CT molecular complexity index is 794. The molecule has 0 saturated carbocycles. The Balaban J connectivity index is 2.07. The minimum Gasteiger partial charge on any atom is -0.507 e. The molecule has 110 valence electrons. The predicted octanol–water partition coefficient (Wildman–Crippen LogP) is 2.61. The number of rotatable bonds is 3. The number of halogens is 1. The standard InChI is InChI=1S/C16H11BrN2O3/c1-2-10-3-4-12(14(20)7-10)9-18-19-16(22)11-5-6-13(17)15(21)8-11/h1,3-9,20-21H,(H,19,22). The minimum absolute atomic E-state index is 0.0327. The average Bonchev–Trinajstić information content (AvgIpc) is 2.51. The van der Waals surface area contributed by atoms with E-state index in [0.29, 0.717) is 15.6 Å². The third-order valence-corrected chi connectivity index (χ3v) is 3.45. The van der Waals surface area contributed by atoms with E-state index in [4.69, 9.17) is 6.42 Å². The van der Waals surface area contributed by atoms with E-state index in [0.717, 1.165) is 0 Å². The number of nitrogens with zero attached hydrogens (tertiary/aromatic N) is 1. The second-order valence-corrected chi connectivity index (χ2v) is 5.14. The average molecular weight is 359 g/mol. The van der Waals surface area contributed by atoms with Crippen LogP contribution in [0.25, 0.3) is 0 Å². The lowest BCUT2D eigenvalue weighted by molar-refractivity contribution is 0.0954. The van der Waals surface area contributed by atoms with Gasteiger partial charge in [-0.1, -0.05) is 5.92 Å². The second kappa shape index (κ2) is 6.78. The lowest BCUT2D eigenvalue weighted by Crippen LogP contribution is -2.17. The fourth-order valence-corrected chi connectivity index (χ4v) is 1.87. The van der Waals surface area contributed by atoms with Crippen molar-refractivity contribution in [1.29, 1.82) is 0 Å². The van der Waals surface area contributed by atoms with Crippen molar-refractivity contribution in [1.82, 2.24) is 5.43 Å². The highest BCUT2D eigenvalue weighted by Gasteiger charge is 2.07. The Labute approximate surface area is 135 Å². The fourth-order valence-electron chi connectivity index (χ4n) is 1.62. The molecule has 0 aliphatic rings. The molecule has 2 rings (SSSR count). The number of carbonyl (C=O) groups excluding carboxylic acids is 1. The molecule has 0 aliphatic heterocycles. The molecule has 0 saturated heterocycles. The number of phenols is 2. The highest BCUT2D eigenvalue weighted by molar-refractivity contribution is 9.10. The van der Waals surface area contributed by atoms with Gasteiger partial charge in [0.25, 0.3) is 5.91 Å². The van der Waals surface area contributed by atoms with Crippen LogP contribution < -0.4 is 5.43 Å². The molecule has 0 heterocycles. The summed E-state index contributed by atoms with van der Waals surface area (Å²) in [5.41, 5.74) is 3.52. The van der Waals surface area contributed by atoms with E-state index < -0.39 is 5.91 Å². The molecular formula is C16H11BrN2O3. The van der Waals surface area contributed by atoms with Gasteiger partial charge in [0.15, 0.2) is 0 Å². The number of terminal acetylenes is 1. The van der Waals surface area contributed by atoms with Crippen LogP contribution in [0.2, 0.25) is 0 Å². The maximum atomic E-state index is 11.8. The van der Waals surface area contributed by atoms with Crippen LogP contribution in [0.4, 0.5) is 0 Å². The van der Waals surface area contributed by atoms with Gasteiger partial charge in [0.05, 0.1) is 10.7 Å². The molecule has 2 aromatic carbocycles. The van der Waals surface area contributed by atoms with E-state index in [1.165, 1.54) is 24.4 Å². The Kier molecular flexibility index (Phi) is 4.81. The minimum atomic E-state index is -0.487. The molecule has 1 amide bonds. The maximum Gasteiger partial charge on any atom is 0.271 e. The monoisotopic (exact) mass is 358 g/mol. The van der Waals surface area contributed by atoms with Crippen molar-refractivity contribution in [2.24, 2.45) is 5.10 Å². The SMILES string of the molecule is C#Cc1ccc(C=NNC(=O)c2ccc(Br)c(O)c2)c(O)c1. The van der Waals surface area contributed by atoms with Crippen molar-refractivity contribution in [2.75, 3.05) is 0 Å². The van der Waals surface area contributed by atoms with Gasteiger partial charge in [-0.25, -0.2) is 5.43 Å². The van der Waals surface area contributed by atoms with Crippen LogP contribution in [0, 0.1) is 12.3 Å².